The summed E-state index contributed by atoms with van der Waals surface area (Å²) in [5.74, 6) is 0.682. The number of benzene rings is 3. The highest BCUT2D eigenvalue weighted by atomic mass is 32.2. The Bertz CT molecular complexity index is 1460. The van der Waals surface area contributed by atoms with Gasteiger partial charge in [0.2, 0.25) is 0 Å². The van der Waals surface area contributed by atoms with E-state index in [1.54, 1.807) is 48.5 Å². The number of nitrogens with one attached hydrogen (secondary N) is 2. The first-order chi connectivity index (χ1) is 19.5. The Labute approximate surface area is 241 Å². The normalized spacial score (nSPS) is 15.7. The molecule has 1 atom stereocenters. The molecule has 1 fully saturated rings. The molecule has 1 aliphatic rings. The zero-order valence-corrected chi connectivity index (χ0v) is 24.7. The fraction of sp³-hybridized carbons (Fsp3) is 0.387. The van der Waals surface area contributed by atoms with Crippen molar-refractivity contribution in [3.8, 4) is 23.0 Å². The number of methoxy groups -OCH3 is 1. The fourth-order valence-corrected chi connectivity index (χ4v) is 5.67. The number of anilines is 1. The number of piperidine rings is 1. The van der Waals surface area contributed by atoms with Crippen molar-refractivity contribution in [2.45, 2.75) is 56.4 Å². The maximum Gasteiger partial charge on any atom is 0.262 e. The first-order valence-corrected chi connectivity index (χ1v) is 15.2. The molecule has 1 aliphatic heterocycles. The number of para-hydroxylation sites is 2. The van der Waals surface area contributed by atoms with Gasteiger partial charge in [-0.1, -0.05) is 51.5 Å². The van der Waals surface area contributed by atoms with Gasteiger partial charge in [-0.25, -0.2) is 8.42 Å². The third-order valence-electron chi connectivity index (χ3n) is 6.87. The van der Waals surface area contributed by atoms with Gasteiger partial charge in [-0.05, 0) is 66.8 Å². The van der Waals surface area contributed by atoms with Crippen LogP contribution in [0.25, 0.3) is 0 Å². The predicted octanol–water partition coefficient (Wildman–Crippen LogP) is 5.28. The molecule has 0 radical (unpaired) electrons. The molecule has 0 saturated carbocycles. The Kier molecular flexibility index (Phi) is 9.57. The topological polar surface area (TPSA) is 123 Å². The van der Waals surface area contributed by atoms with Crippen molar-refractivity contribution >= 4 is 21.5 Å². The van der Waals surface area contributed by atoms with Crippen LogP contribution in [0.1, 0.15) is 56.0 Å². The number of aliphatic hydroxyl groups excluding tert-OH is 1. The maximum absolute atomic E-state index is 13.6. The Morgan fingerprint density at radius 1 is 1.02 bits per heavy atom. The van der Waals surface area contributed by atoms with Crippen LogP contribution in [-0.2, 0) is 15.4 Å². The number of hydrogen-bond acceptors (Lipinski definition) is 8. The van der Waals surface area contributed by atoms with Gasteiger partial charge in [0.15, 0.2) is 28.8 Å². The van der Waals surface area contributed by atoms with Crippen LogP contribution in [0.4, 0.5) is 5.69 Å². The third kappa shape index (κ3) is 7.38. The molecule has 1 unspecified atom stereocenters. The molecule has 4 rings (SSSR count). The van der Waals surface area contributed by atoms with E-state index in [1.165, 1.54) is 19.2 Å². The van der Waals surface area contributed by atoms with E-state index in [9.17, 15) is 18.3 Å². The lowest BCUT2D eigenvalue weighted by molar-refractivity contribution is 0.0926. The van der Waals surface area contributed by atoms with E-state index >= 15 is 0 Å². The van der Waals surface area contributed by atoms with Gasteiger partial charge < -0.3 is 24.6 Å². The summed E-state index contributed by atoms with van der Waals surface area (Å²) in [5.41, 5.74) is 1.12. The quantitative estimate of drug-likeness (QED) is 0.261. The summed E-state index contributed by atoms with van der Waals surface area (Å²) in [5, 5.41) is 12.7. The van der Waals surface area contributed by atoms with Crippen LogP contribution < -0.4 is 24.2 Å². The molecule has 0 amide bonds. The van der Waals surface area contributed by atoms with Crippen molar-refractivity contribution in [2.75, 3.05) is 31.6 Å². The first-order valence-electron chi connectivity index (χ1n) is 13.7. The summed E-state index contributed by atoms with van der Waals surface area (Å²) >= 11 is 0. The Morgan fingerprint density at radius 2 is 1.73 bits per heavy atom. The molecular formula is C31H38N2O7S. The largest absolute Gasteiger partial charge is 0.493 e. The van der Waals surface area contributed by atoms with Crippen LogP contribution in [0.2, 0.25) is 0 Å². The molecule has 3 aromatic carbocycles. The molecule has 0 spiro atoms. The first kappa shape index (κ1) is 30.4. The highest BCUT2D eigenvalue weighted by molar-refractivity contribution is 7.92. The summed E-state index contributed by atoms with van der Waals surface area (Å²) in [4.78, 5) is 13.6. The molecule has 220 valence electrons. The highest BCUT2D eigenvalue weighted by Crippen LogP contribution is 2.43. The van der Waals surface area contributed by atoms with Gasteiger partial charge in [0.1, 0.15) is 6.61 Å². The molecule has 1 heterocycles. The number of Topliss-reactive ketones (excluding diaryl/α,β-unsaturated/α-hetero) is 1. The van der Waals surface area contributed by atoms with Gasteiger partial charge in [0, 0.05) is 5.56 Å². The predicted molar refractivity (Wildman–Crippen MR) is 158 cm³/mol. The maximum atomic E-state index is 13.6. The average molecular weight is 583 g/mol. The zero-order chi connectivity index (χ0) is 29.6. The van der Waals surface area contributed by atoms with Gasteiger partial charge in [-0.15, -0.1) is 0 Å². The van der Waals surface area contributed by atoms with Crippen LogP contribution in [0.3, 0.4) is 0 Å². The van der Waals surface area contributed by atoms with Crippen molar-refractivity contribution in [3.63, 3.8) is 0 Å². The van der Waals surface area contributed by atoms with E-state index in [0.29, 0.717) is 17.9 Å². The molecule has 0 aliphatic carbocycles. The lowest BCUT2D eigenvalue weighted by Crippen LogP contribution is -2.40. The van der Waals surface area contributed by atoms with Gasteiger partial charge in [0.25, 0.3) is 10.0 Å². The van der Waals surface area contributed by atoms with Crippen LogP contribution in [-0.4, -0.2) is 52.2 Å². The molecule has 3 N–H and O–H groups in total. The number of carbonyl (C=O) groups excluding carboxylic acids is 1. The smallest absolute Gasteiger partial charge is 0.262 e. The molecule has 0 bridgehead atoms. The van der Waals surface area contributed by atoms with Gasteiger partial charge in [-0.2, -0.15) is 0 Å². The van der Waals surface area contributed by atoms with E-state index in [4.69, 9.17) is 14.2 Å². The van der Waals surface area contributed by atoms with Crippen LogP contribution >= 0.6 is 0 Å². The van der Waals surface area contributed by atoms with Gasteiger partial charge >= 0.3 is 0 Å². The van der Waals surface area contributed by atoms with E-state index in [1.807, 2.05) is 20.8 Å². The summed E-state index contributed by atoms with van der Waals surface area (Å²) in [6, 6.07) is 16.2. The SMILES string of the molecule is COc1ccccc1Oc1c(NS(=O)(=O)c2ccc(C(C)(C)C)cc2)cc(C(=O)C2CCCCN2)cc1OCCO. The molecule has 41 heavy (non-hydrogen) atoms. The second-order valence-electron chi connectivity index (χ2n) is 10.9. The van der Waals surface area contributed by atoms with Crippen molar-refractivity contribution in [2.24, 2.45) is 0 Å². The van der Waals surface area contributed by atoms with E-state index in [0.717, 1.165) is 24.9 Å². The van der Waals surface area contributed by atoms with Crippen molar-refractivity contribution in [1.29, 1.82) is 0 Å². The number of carbonyl (C=O) groups is 1. The third-order valence-corrected chi connectivity index (χ3v) is 8.25. The second kappa shape index (κ2) is 12.9. The Hall–Kier alpha value is -3.60. The second-order valence-corrected chi connectivity index (χ2v) is 12.6. The standard InChI is InChI=1S/C31H38N2O7S/c1-31(2,3)22-12-14-23(15-13-22)41(36,37)33-25-19-21(29(35)24-9-7-8-16-32-24)20-28(39-18-17-34)30(25)40-27-11-6-5-10-26(27)38-4/h5-6,10-15,19-20,24,32-34H,7-9,16-18H2,1-4H3. The van der Waals surface area contributed by atoms with E-state index in [2.05, 4.69) is 10.0 Å². The molecule has 1 saturated heterocycles. The van der Waals surface area contributed by atoms with Crippen LogP contribution in [0.15, 0.2) is 65.6 Å². The summed E-state index contributed by atoms with van der Waals surface area (Å²) in [6.45, 7) is 6.48. The minimum atomic E-state index is -4.10. The van der Waals surface area contributed by atoms with Crippen molar-refractivity contribution in [3.05, 3.63) is 71.8 Å². The number of hydrogen-bond donors (Lipinski definition) is 3. The molecule has 9 nitrogen and oxygen atoms in total. The van der Waals surface area contributed by atoms with E-state index in [-0.39, 0.29) is 52.1 Å². The molecular weight excluding hydrogens is 544 g/mol. The zero-order valence-electron chi connectivity index (χ0n) is 23.9. The van der Waals surface area contributed by atoms with Crippen LogP contribution in [0, 0.1) is 0 Å². The number of ketones is 1. The number of aliphatic hydroxyl groups is 1. The molecule has 10 heteroatoms. The summed E-state index contributed by atoms with van der Waals surface area (Å²) in [6.07, 6.45) is 2.57. The lowest BCUT2D eigenvalue weighted by atomic mass is 9.87. The molecule has 3 aromatic rings. The number of ether oxygens (including phenoxy) is 3. The average Bonchev–Trinajstić information content (AvgIpc) is 2.97. The minimum absolute atomic E-state index is 0.0189. The van der Waals surface area contributed by atoms with Crippen molar-refractivity contribution in [1.82, 2.24) is 5.32 Å². The monoisotopic (exact) mass is 582 g/mol. The highest BCUT2D eigenvalue weighted by Gasteiger charge is 2.28. The van der Waals surface area contributed by atoms with Gasteiger partial charge in [0.05, 0.1) is 30.3 Å². The van der Waals surface area contributed by atoms with Crippen molar-refractivity contribution < 1.29 is 32.5 Å². The summed E-state index contributed by atoms with van der Waals surface area (Å²) < 4.78 is 47.3. The minimum Gasteiger partial charge on any atom is -0.493 e. The van der Waals surface area contributed by atoms with Crippen LogP contribution in [0.5, 0.6) is 23.0 Å². The Balaban J connectivity index is 1.82. The molecule has 0 aromatic heterocycles. The van der Waals surface area contributed by atoms with E-state index < -0.39 is 16.1 Å². The summed E-state index contributed by atoms with van der Waals surface area (Å²) in [7, 11) is -2.61. The fourth-order valence-electron chi connectivity index (χ4n) is 4.62. The Morgan fingerprint density at radius 3 is 2.34 bits per heavy atom. The number of rotatable bonds is 11. The lowest BCUT2D eigenvalue weighted by Gasteiger charge is -2.24. The number of sulfonamides is 1. The van der Waals surface area contributed by atoms with Gasteiger partial charge in [-0.3, -0.25) is 9.52 Å².